The van der Waals surface area contributed by atoms with Crippen molar-refractivity contribution in [2.45, 2.75) is 38.5 Å². The molecule has 1 amide bonds. The van der Waals surface area contributed by atoms with E-state index in [-0.39, 0.29) is 31.5 Å². The molecule has 1 heterocycles. The highest BCUT2D eigenvalue weighted by Crippen LogP contribution is 2.13. The Hall–Kier alpha value is -3.19. The van der Waals surface area contributed by atoms with Crippen LogP contribution in [-0.4, -0.2) is 37.0 Å². The number of carbonyl (C=O) groups is 3. The van der Waals surface area contributed by atoms with E-state index >= 15 is 0 Å². The number of ether oxygens (including phenoxy) is 2. The third-order valence-electron chi connectivity index (χ3n) is 5.15. The quantitative estimate of drug-likeness (QED) is 0.600. The number of piperidine rings is 1. The van der Waals surface area contributed by atoms with E-state index in [0.717, 1.165) is 24.2 Å². The first-order chi connectivity index (χ1) is 15.1. The Bertz CT molecular complexity index is 851. The second kappa shape index (κ2) is 11.9. The molecule has 31 heavy (non-hydrogen) atoms. The van der Waals surface area contributed by atoms with Crippen molar-refractivity contribution >= 4 is 17.8 Å². The van der Waals surface area contributed by atoms with Gasteiger partial charge in [-0.05, 0) is 37.1 Å². The lowest BCUT2D eigenvalue weighted by Gasteiger charge is -2.24. The van der Waals surface area contributed by atoms with Gasteiger partial charge in [-0.1, -0.05) is 60.7 Å². The van der Waals surface area contributed by atoms with Crippen LogP contribution in [0.4, 0.5) is 0 Å². The highest BCUT2D eigenvalue weighted by molar-refractivity contribution is 5.89. The Morgan fingerprint density at radius 3 is 2.00 bits per heavy atom. The van der Waals surface area contributed by atoms with Crippen LogP contribution in [0.1, 0.15) is 30.4 Å². The summed E-state index contributed by atoms with van der Waals surface area (Å²) in [4.78, 5) is 37.7. The minimum atomic E-state index is -1.09. The van der Waals surface area contributed by atoms with Crippen molar-refractivity contribution < 1.29 is 23.9 Å². The van der Waals surface area contributed by atoms with Crippen molar-refractivity contribution in [1.29, 1.82) is 0 Å². The van der Waals surface area contributed by atoms with Gasteiger partial charge >= 0.3 is 11.9 Å². The van der Waals surface area contributed by atoms with Crippen LogP contribution in [0, 0.1) is 5.92 Å². The number of benzene rings is 2. The molecule has 1 aliphatic heterocycles. The number of hydrogen-bond acceptors (Lipinski definition) is 6. The number of hydrogen-bond donors (Lipinski definition) is 2. The van der Waals surface area contributed by atoms with Gasteiger partial charge in [0.15, 0.2) is 0 Å². The molecule has 2 aromatic carbocycles. The van der Waals surface area contributed by atoms with Crippen molar-refractivity contribution in [2.24, 2.45) is 5.92 Å². The fraction of sp³-hybridized carbons (Fsp3) is 0.375. The number of rotatable bonds is 9. The van der Waals surface area contributed by atoms with E-state index in [4.69, 9.17) is 9.47 Å². The van der Waals surface area contributed by atoms with E-state index in [9.17, 15) is 14.4 Å². The average molecular weight is 424 g/mol. The third kappa shape index (κ3) is 7.53. The predicted octanol–water partition coefficient (Wildman–Crippen LogP) is 2.35. The van der Waals surface area contributed by atoms with Crippen molar-refractivity contribution in [3.63, 3.8) is 0 Å². The molecule has 7 nitrogen and oxygen atoms in total. The van der Waals surface area contributed by atoms with E-state index in [2.05, 4.69) is 10.6 Å². The Morgan fingerprint density at radius 2 is 1.42 bits per heavy atom. The van der Waals surface area contributed by atoms with Gasteiger partial charge in [0.2, 0.25) is 5.91 Å². The molecule has 1 fully saturated rings. The molecule has 1 aliphatic rings. The average Bonchev–Trinajstić information content (AvgIpc) is 2.82. The SMILES string of the molecule is O=C(C[C@H](NC(=O)C1CCNCC1)C(=O)OCc1ccccc1)OCc1ccccc1. The highest BCUT2D eigenvalue weighted by Gasteiger charge is 2.30. The molecule has 0 spiro atoms. The van der Waals surface area contributed by atoms with Crippen molar-refractivity contribution in [1.82, 2.24) is 10.6 Å². The van der Waals surface area contributed by atoms with E-state index < -0.39 is 18.0 Å². The third-order valence-corrected chi connectivity index (χ3v) is 5.15. The molecule has 1 saturated heterocycles. The Balaban J connectivity index is 1.58. The van der Waals surface area contributed by atoms with Crippen LogP contribution < -0.4 is 10.6 Å². The van der Waals surface area contributed by atoms with Gasteiger partial charge in [-0.2, -0.15) is 0 Å². The monoisotopic (exact) mass is 424 g/mol. The standard InChI is InChI=1S/C24H28N2O5/c27-22(30-16-18-7-3-1-4-8-18)15-21(26-23(28)20-11-13-25-14-12-20)24(29)31-17-19-9-5-2-6-10-19/h1-10,20-21,25H,11-17H2,(H,26,28)/t21-/m0/s1. The Labute approximate surface area is 182 Å². The van der Waals surface area contributed by atoms with Gasteiger partial charge in [-0.25, -0.2) is 4.79 Å². The molecule has 2 aromatic rings. The summed E-state index contributed by atoms with van der Waals surface area (Å²) in [5.74, 6) is -1.65. The van der Waals surface area contributed by atoms with Gasteiger partial charge in [0.1, 0.15) is 19.3 Å². The number of nitrogens with one attached hydrogen (secondary N) is 2. The predicted molar refractivity (Wildman–Crippen MR) is 115 cm³/mol. The second-order valence-corrected chi connectivity index (χ2v) is 7.53. The van der Waals surface area contributed by atoms with Gasteiger partial charge in [0.05, 0.1) is 6.42 Å². The van der Waals surface area contributed by atoms with Crippen LogP contribution >= 0.6 is 0 Å². The maximum Gasteiger partial charge on any atom is 0.329 e. The van der Waals surface area contributed by atoms with E-state index in [1.807, 2.05) is 60.7 Å². The molecular formula is C24H28N2O5. The fourth-order valence-corrected chi connectivity index (χ4v) is 3.36. The molecule has 0 radical (unpaired) electrons. The second-order valence-electron chi connectivity index (χ2n) is 7.53. The van der Waals surface area contributed by atoms with E-state index in [0.29, 0.717) is 12.8 Å². The first-order valence-corrected chi connectivity index (χ1v) is 10.5. The lowest BCUT2D eigenvalue weighted by atomic mass is 9.96. The normalized spacial score (nSPS) is 15.0. The topological polar surface area (TPSA) is 93.7 Å². The highest BCUT2D eigenvalue weighted by atomic mass is 16.5. The summed E-state index contributed by atoms with van der Waals surface area (Å²) >= 11 is 0. The van der Waals surface area contributed by atoms with Crippen molar-refractivity contribution in [2.75, 3.05) is 13.1 Å². The first kappa shape index (κ1) is 22.5. The minimum Gasteiger partial charge on any atom is -0.461 e. The Kier molecular flexibility index (Phi) is 8.60. The van der Waals surface area contributed by atoms with Crippen molar-refractivity contribution in [3.05, 3.63) is 71.8 Å². The number of amides is 1. The van der Waals surface area contributed by atoms with Gasteiger partial charge in [0, 0.05) is 5.92 Å². The van der Waals surface area contributed by atoms with Gasteiger partial charge in [-0.15, -0.1) is 0 Å². The molecule has 0 aromatic heterocycles. The zero-order valence-electron chi connectivity index (χ0n) is 17.4. The maximum atomic E-state index is 12.7. The number of carbonyl (C=O) groups excluding carboxylic acids is 3. The fourth-order valence-electron chi connectivity index (χ4n) is 3.36. The largest absolute Gasteiger partial charge is 0.461 e. The van der Waals surface area contributed by atoms with Crippen LogP contribution in [-0.2, 0) is 37.1 Å². The lowest BCUT2D eigenvalue weighted by Crippen LogP contribution is -2.47. The molecule has 0 bridgehead atoms. The summed E-state index contributed by atoms with van der Waals surface area (Å²) in [6.07, 6.45) is 1.10. The van der Waals surface area contributed by atoms with Crippen LogP contribution in [0.3, 0.4) is 0 Å². The zero-order valence-corrected chi connectivity index (χ0v) is 17.4. The van der Waals surface area contributed by atoms with Crippen molar-refractivity contribution in [3.8, 4) is 0 Å². The summed E-state index contributed by atoms with van der Waals surface area (Å²) < 4.78 is 10.7. The van der Waals surface area contributed by atoms with Gasteiger partial charge in [-0.3, -0.25) is 9.59 Å². The smallest absolute Gasteiger partial charge is 0.329 e. The molecule has 3 rings (SSSR count). The first-order valence-electron chi connectivity index (χ1n) is 10.5. The Morgan fingerprint density at radius 1 is 0.871 bits per heavy atom. The van der Waals surface area contributed by atoms with Crippen LogP contribution in [0.5, 0.6) is 0 Å². The van der Waals surface area contributed by atoms with Crippen LogP contribution in [0.15, 0.2) is 60.7 Å². The minimum absolute atomic E-state index is 0.0679. The zero-order chi connectivity index (χ0) is 21.9. The van der Waals surface area contributed by atoms with Crippen LogP contribution in [0.25, 0.3) is 0 Å². The molecule has 0 aliphatic carbocycles. The maximum absolute atomic E-state index is 12.7. The molecule has 2 N–H and O–H groups in total. The summed E-state index contributed by atoms with van der Waals surface area (Å²) in [7, 11) is 0. The molecule has 7 heteroatoms. The molecule has 0 unspecified atom stereocenters. The molecule has 0 saturated carbocycles. The van der Waals surface area contributed by atoms with E-state index in [1.165, 1.54) is 0 Å². The summed E-state index contributed by atoms with van der Waals surface area (Å²) in [6, 6.07) is 17.4. The summed E-state index contributed by atoms with van der Waals surface area (Å²) in [5, 5.41) is 5.91. The summed E-state index contributed by atoms with van der Waals surface area (Å²) in [5.41, 5.74) is 1.67. The lowest BCUT2D eigenvalue weighted by molar-refractivity contribution is -0.155. The van der Waals surface area contributed by atoms with Gasteiger partial charge < -0.3 is 20.1 Å². The van der Waals surface area contributed by atoms with Gasteiger partial charge in [0.25, 0.3) is 0 Å². The number of esters is 2. The molecular weight excluding hydrogens is 396 g/mol. The van der Waals surface area contributed by atoms with Crippen LogP contribution in [0.2, 0.25) is 0 Å². The molecule has 164 valence electrons. The molecule has 1 atom stereocenters. The van der Waals surface area contributed by atoms with E-state index in [1.54, 1.807) is 0 Å². The summed E-state index contributed by atoms with van der Waals surface area (Å²) in [6.45, 7) is 1.67.